The van der Waals surface area contributed by atoms with E-state index in [0.29, 0.717) is 17.8 Å². The smallest absolute Gasteiger partial charge is 0.321 e. The first kappa shape index (κ1) is 19.9. The Bertz CT molecular complexity index is 837. The van der Waals surface area contributed by atoms with E-state index in [1.165, 1.54) is 0 Å². The van der Waals surface area contributed by atoms with Crippen LogP contribution in [0.15, 0.2) is 36.7 Å². The zero-order valence-electron chi connectivity index (χ0n) is 16.6. The molecule has 0 spiro atoms. The number of nitriles is 1. The minimum atomic E-state index is -0.120. The van der Waals surface area contributed by atoms with Gasteiger partial charge in [0.15, 0.2) is 0 Å². The zero-order valence-corrected chi connectivity index (χ0v) is 16.6. The third-order valence-corrected chi connectivity index (χ3v) is 5.07. The number of benzene rings is 1. The van der Waals surface area contributed by atoms with Crippen LogP contribution in [0.25, 0.3) is 0 Å². The highest BCUT2D eigenvalue weighted by Crippen LogP contribution is 2.26. The van der Waals surface area contributed by atoms with E-state index in [1.54, 1.807) is 24.3 Å². The van der Waals surface area contributed by atoms with Crippen molar-refractivity contribution in [2.45, 2.75) is 31.7 Å². The predicted octanol–water partition coefficient (Wildman–Crippen LogP) is 3.12. The molecule has 3 rings (SSSR count). The number of likely N-dealkylation sites (tertiary alicyclic amines) is 1. The molecule has 1 aromatic carbocycles. The Hall–Kier alpha value is -2.85. The minimum Gasteiger partial charge on any atom is -0.335 e. The van der Waals surface area contributed by atoms with Gasteiger partial charge in [0.2, 0.25) is 0 Å². The van der Waals surface area contributed by atoms with E-state index in [4.69, 9.17) is 5.26 Å². The fraction of sp³-hybridized carbons (Fsp3) is 0.476. The number of amides is 2. The number of urea groups is 1. The van der Waals surface area contributed by atoms with Crippen LogP contribution in [0.2, 0.25) is 0 Å². The molecule has 7 heteroatoms. The van der Waals surface area contributed by atoms with Crippen LogP contribution in [-0.4, -0.2) is 59.1 Å². The number of nitrogens with zero attached hydrogens (tertiary/aromatic N) is 5. The highest BCUT2D eigenvalue weighted by atomic mass is 16.2. The molecule has 1 fully saturated rings. The normalized spacial score (nSPS) is 16.8. The first-order chi connectivity index (χ1) is 13.6. The number of carbonyl (C=O) groups excluding carboxylic acids is 1. The molecule has 2 aromatic rings. The van der Waals surface area contributed by atoms with Crippen molar-refractivity contribution in [2.75, 3.05) is 39.0 Å². The molecule has 1 aliphatic heterocycles. The van der Waals surface area contributed by atoms with E-state index < -0.39 is 0 Å². The van der Waals surface area contributed by atoms with Crippen molar-refractivity contribution in [3.05, 3.63) is 48.0 Å². The summed E-state index contributed by atoms with van der Waals surface area (Å²) in [6, 6.07) is 8.97. The monoisotopic (exact) mass is 380 g/mol. The number of anilines is 1. The number of carbonyl (C=O) groups is 1. The topological polar surface area (TPSA) is 77.2 Å². The van der Waals surface area contributed by atoms with Crippen molar-refractivity contribution in [2.24, 2.45) is 0 Å². The molecule has 1 unspecified atom stereocenters. The van der Waals surface area contributed by atoms with Crippen molar-refractivity contribution in [3.63, 3.8) is 0 Å². The molecule has 1 aliphatic rings. The summed E-state index contributed by atoms with van der Waals surface area (Å²) in [5.74, 6) is 1.32. The summed E-state index contributed by atoms with van der Waals surface area (Å²) in [5, 5.41) is 11.9. The van der Waals surface area contributed by atoms with Gasteiger partial charge in [-0.15, -0.1) is 0 Å². The summed E-state index contributed by atoms with van der Waals surface area (Å²) in [4.78, 5) is 21.3. The second-order valence-electron chi connectivity index (χ2n) is 7.54. The molecule has 1 aromatic heterocycles. The molecule has 2 amide bonds. The van der Waals surface area contributed by atoms with E-state index in [2.05, 4.69) is 39.9 Å². The average Bonchev–Trinajstić information content (AvgIpc) is 3.16. The van der Waals surface area contributed by atoms with Crippen molar-refractivity contribution < 1.29 is 4.79 Å². The van der Waals surface area contributed by atoms with Crippen molar-refractivity contribution in [1.29, 1.82) is 5.26 Å². The van der Waals surface area contributed by atoms with Crippen LogP contribution in [0, 0.1) is 11.3 Å². The number of rotatable bonds is 6. The zero-order chi connectivity index (χ0) is 19.9. The second kappa shape index (κ2) is 9.38. The lowest BCUT2D eigenvalue weighted by molar-refractivity contribution is 0.190. The van der Waals surface area contributed by atoms with Gasteiger partial charge in [0.1, 0.15) is 5.82 Å². The number of piperidine rings is 1. The number of nitrogens with one attached hydrogen (secondary N) is 1. The summed E-state index contributed by atoms with van der Waals surface area (Å²) in [5.41, 5.74) is 1.19. The molecule has 2 heterocycles. The van der Waals surface area contributed by atoms with Crippen LogP contribution in [0.1, 0.15) is 36.6 Å². The standard InChI is InChI=1S/C21H28N6O/c1-25(2)10-5-12-26-13-9-23-20(26)18-7-4-11-27(16-18)21(28)24-19-8-3-6-17(14-19)15-22/h3,6,8-9,13-14,18H,4-5,7,10-12,16H2,1-2H3,(H,24,28). The molecule has 1 saturated heterocycles. The van der Waals surface area contributed by atoms with Crippen LogP contribution in [0.3, 0.4) is 0 Å². The number of aromatic nitrogens is 2. The van der Waals surface area contributed by atoms with Crippen LogP contribution in [-0.2, 0) is 6.54 Å². The Morgan fingerprint density at radius 3 is 3.07 bits per heavy atom. The van der Waals surface area contributed by atoms with Gasteiger partial charge in [0.05, 0.1) is 11.6 Å². The van der Waals surface area contributed by atoms with Crippen LogP contribution < -0.4 is 5.32 Å². The Morgan fingerprint density at radius 2 is 2.29 bits per heavy atom. The third-order valence-electron chi connectivity index (χ3n) is 5.07. The fourth-order valence-corrected chi connectivity index (χ4v) is 3.67. The summed E-state index contributed by atoms with van der Waals surface area (Å²) in [6.07, 6.45) is 6.97. The highest BCUT2D eigenvalue weighted by molar-refractivity contribution is 5.89. The van der Waals surface area contributed by atoms with E-state index in [9.17, 15) is 4.79 Å². The molecule has 1 N–H and O–H groups in total. The molecule has 28 heavy (non-hydrogen) atoms. The molecule has 7 nitrogen and oxygen atoms in total. The Morgan fingerprint density at radius 1 is 1.43 bits per heavy atom. The SMILES string of the molecule is CN(C)CCCn1ccnc1C1CCCN(C(=O)Nc2cccc(C#N)c2)C1. The summed E-state index contributed by atoms with van der Waals surface area (Å²) >= 11 is 0. The number of hydrogen-bond acceptors (Lipinski definition) is 4. The maximum absolute atomic E-state index is 12.7. The quantitative estimate of drug-likeness (QED) is 0.835. The minimum absolute atomic E-state index is 0.120. The van der Waals surface area contributed by atoms with Crippen LogP contribution in [0.4, 0.5) is 10.5 Å². The predicted molar refractivity (Wildman–Crippen MR) is 109 cm³/mol. The number of hydrogen-bond donors (Lipinski definition) is 1. The highest BCUT2D eigenvalue weighted by Gasteiger charge is 2.27. The first-order valence-corrected chi connectivity index (χ1v) is 9.78. The second-order valence-corrected chi connectivity index (χ2v) is 7.54. The van der Waals surface area contributed by atoms with Gasteiger partial charge in [0, 0.05) is 43.6 Å². The summed E-state index contributed by atoms with van der Waals surface area (Å²) in [6.45, 7) is 3.38. The molecule has 0 bridgehead atoms. The van der Waals surface area contributed by atoms with Gasteiger partial charge in [0.25, 0.3) is 0 Å². The Balaban J connectivity index is 1.62. The van der Waals surface area contributed by atoms with Gasteiger partial charge in [-0.25, -0.2) is 9.78 Å². The van der Waals surface area contributed by atoms with Crippen molar-refractivity contribution in [3.8, 4) is 6.07 Å². The molecule has 148 valence electrons. The van der Waals surface area contributed by atoms with Crippen molar-refractivity contribution >= 4 is 11.7 Å². The van der Waals surface area contributed by atoms with Gasteiger partial charge in [-0.2, -0.15) is 5.26 Å². The van der Waals surface area contributed by atoms with Crippen LogP contribution in [0.5, 0.6) is 0 Å². The van der Waals surface area contributed by atoms with Gasteiger partial charge >= 0.3 is 6.03 Å². The van der Waals surface area contributed by atoms with Gasteiger partial charge in [-0.1, -0.05) is 6.07 Å². The van der Waals surface area contributed by atoms with Crippen LogP contribution >= 0.6 is 0 Å². The van der Waals surface area contributed by atoms with E-state index in [0.717, 1.165) is 44.7 Å². The van der Waals surface area contributed by atoms with E-state index in [-0.39, 0.29) is 11.9 Å². The van der Waals surface area contributed by atoms with E-state index >= 15 is 0 Å². The van der Waals surface area contributed by atoms with Crippen molar-refractivity contribution in [1.82, 2.24) is 19.4 Å². The van der Waals surface area contributed by atoms with Gasteiger partial charge < -0.3 is 19.7 Å². The molecule has 0 saturated carbocycles. The summed E-state index contributed by atoms with van der Waals surface area (Å²) in [7, 11) is 4.16. The average molecular weight is 380 g/mol. The van der Waals surface area contributed by atoms with Gasteiger partial charge in [-0.3, -0.25) is 0 Å². The maximum Gasteiger partial charge on any atom is 0.321 e. The maximum atomic E-state index is 12.7. The Kier molecular flexibility index (Phi) is 6.66. The lowest BCUT2D eigenvalue weighted by Crippen LogP contribution is -2.42. The van der Waals surface area contributed by atoms with E-state index in [1.807, 2.05) is 17.3 Å². The molecule has 0 radical (unpaired) electrons. The first-order valence-electron chi connectivity index (χ1n) is 9.78. The molecule has 1 atom stereocenters. The molecule has 0 aliphatic carbocycles. The van der Waals surface area contributed by atoms with Gasteiger partial charge in [-0.05, 0) is 58.1 Å². The fourth-order valence-electron chi connectivity index (χ4n) is 3.67. The number of imidazole rings is 1. The third kappa shape index (κ3) is 5.11. The molecular weight excluding hydrogens is 352 g/mol. The lowest BCUT2D eigenvalue weighted by Gasteiger charge is -2.32. The Labute approximate surface area is 166 Å². The largest absolute Gasteiger partial charge is 0.335 e. The molecular formula is C21H28N6O. The summed E-state index contributed by atoms with van der Waals surface area (Å²) < 4.78 is 2.23. The number of aryl methyl sites for hydroxylation is 1. The lowest BCUT2D eigenvalue weighted by atomic mass is 9.97.